The molecule has 30 heavy (non-hydrogen) atoms. The lowest BCUT2D eigenvalue weighted by Gasteiger charge is -2.03. The Morgan fingerprint density at radius 3 is 1.33 bits per heavy atom. The summed E-state index contributed by atoms with van der Waals surface area (Å²) in [5.41, 5.74) is 0. The highest BCUT2D eigenvalue weighted by atomic mass is 16.4. The van der Waals surface area contributed by atoms with Crippen LogP contribution in [0.4, 0.5) is 0 Å². The van der Waals surface area contributed by atoms with E-state index in [-0.39, 0.29) is 0 Å². The van der Waals surface area contributed by atoms with Crippen LogP contribution in [0.2, 0.25) is 0 Å². The molecule has 0 spiro atoms. The third-order valence-corrected chi connectivity index (χ3v) is 5.40. The Hall–Kier alpha value is -1.57. The van der Waals surface area contributed by atoms with E-state index < -0.39 is 5.97 Å². The van der Waals surface area contributed by atoms with E-state index in [2.05, 4.69) is 19.1 Å². The maximum Gasteiger partial charge on any atom is 0.328 e. The van der Waals surface area contributed by atoms with E-state index >= 15 is 0 Å². The van der Waals surface area contributed by atoms with E-state index in [0.29, 0.717) is 0 Å². The molecule has 0 aliphatic carbocycles. The monoisotopic (exact) mass is 416 g/mol. The van der Waals surface area contributed by atoms with E-state index in [0.717, 1.165) is 12.5 Å². The summed E-state index contributed by atoms with van der Waals surface area (Å²) in [4.78, 5) is 10.3. The van der Waals surface area contributed by atoms with Gasteiger partial charge in [0.15, 0.2) is 0 Å². The molecule has 0 aliphatic rings. The van der Waals surface area contributed by atoms with Crippen LogP contribution in [0.25, 0.3) is 0 Å². The van der Waals surface area contributed by atoms with Gasteiger partial charge in [0.1, 0.15) is 0 Å². The Morgan fingerprint density at radius 1 is 0.533 bits per heavy atom. The van der Waals surface area contributed by atoms with Gasteiger partial charge in [0.25, 0.3) is 0 Å². The second kappa shape index (κ2) is 25.5. The number of rotatable bonds is 22. The van der Waals surface area contributed by atoms with Gasteiger partial charge in [-0.3, -0.25) is 0 Å². The molecule has 0 amide bonds. The number of carboxylic acids is 1. The molecule has 0 heterocycles. The van der Waals surface area contributed by atoms with E-state index in [1.807, 2.05) is 18.2 Å². The Morgan fingerprint density at radius 2 is 0.900 bits per heavy atom. The van der Waals surface area contributed by atoms with Crippen molar-refractivity contribution in [1.82, 2.24) is 0 Å². The maximum atomic E-state index is 10.3. The summed E-state index contributed by atoms with van der Waals surface area (Å²) in [6.07, 6.45) is 39.6. The summed E-state index contributed by atoms with van der Waals surface area (Å²) in [6, 6.07) is 0. The first-order valence-electron chi connectivity index (χ1n) is 12.7. The zero-order chi connectivity index (χ0) is 22.0. The summed E-state index contributed by atoms with van der Waals surface area (Å²) < 4.78 is 0. The lowest BCUT2D eigenvalue weighted by molar-refractivity contribution is -0.131. The summed E-state index contributed by atoms with van der Waals surface area (Å²) >= 11 is 0. The van der Waals surface area contributed by atoms with Crippen molar-refractivity contribution in [2.45, 2.75) is 122 Å². The second-order valence-electron chi connectivity index (χ2n) is 8.34. The number of carbonyl (C=O) groups is 1. The quantitative estimate of drug-likeness (QED) is 0.108. The molecule has 0 bridgehead atoms. The SMILES string of the molecule is CCCCCCCCCCCCCCCCCCCC=CC=CC=CC=CC(=O)O. The van der Waals surface area contributed by atoms with Crippen molar-refractivity contribution in [1.29, 1.82) is 0 Å². The van der Waals surface area contributed by atoms with Gasteiger partial charge in [-0.05, 0) is 12.8 Å². The van der Waals surface area contributed by atoms with Crippen molar-refractivity contribution in [3.63, 3.8) is 0 Å². The van der Waals surface area contributed by atoms with Crippen molar-refractivity contribution in [2.24, 2.45) is 0 Å². The molecule has 172 valence electrons. The topological polar surface area (TPSA) is 37.3 Å². The average Bonchev–Trinajstić information content (AvgIpc) is 2.73. The van der Waals surface area contributed by atoms with Crippen LogP contribution in [0.5, 0.6) is 0 Å². The van der Waals surface area contributed by atoms with Gasteiger partial charge >= 0.3 is 5.97 Å². The van der Waals surface area contributed by atoms with Crippen LogP contribution in [-0.4, -0.2) is 11.1 Å². The highest BCUT2D eigenvalue weighted by Gasteiger charge is 1.94. The Labute approximate surface area is 187 Å². The molecule has 2 nitrogen and oxygen atoms in total. The zero-order valence-electron chi connectivity index (χ0n) is 19.7. The zero-order valence-corrected chi connectivity index (χ0v) is 19.7. The highest BCUT2D eigenvalue weighted by molar-refractivity contribution is 5.80. The van der Waals surface area contributed by atoms with Gasteiger partial charge in [-0.25, -0.2) is 4.79 Å². The number of allylic oxidation sites excluding steroid dienone is 7. The third kappa shape index (κ3) is 26.4. The molecule has 0 aromatic carbocycles. The van der Waals surface area contributed by atoms with Gasteiger partial charge < -0.3 is 5.11 Å². The Balaban J connectivity index is 3.21. The lowest BCUT2D eigenvalue weighted by atomic mass is 10.0. The van der Waals surface area contributed by atoms with Crippen LogP contribution in [-0.2, 0) is 4.79 Å². The summed E-state index contributed by atoms with van der Waals surface area (Å²) in [6.45, 7) is 2.29. The fourth-order valence-corrected chi connectivity index (χ4v) is 3.56. The standard InChI is InChI=1S/C28H48O2/c1-2-3-4-5-6-7-8-9-10-11-12-13-14-15-16-17-18-19-20-21-22-23-24-25-26-27-28(29)30/h20-27H,2-19H2,1H3,(H,29,30). The molecule has 1 N–H and O–H groups in total. The molecule has 0 aromatic heterocycles. The minimum Gasteiger partial charge on any atom is -0.478 e. The van der Waals surface area contributed by atoms with Gasteiger partial charge in [-0.2, -0.15) is 0 Å². The van der Waals surface area contributed by atoms with Crippen LogP contribution >= 0.6 is 0 Å². The number of hydrogen-bond donors (Lipinski definition) is 1. The number of hydrogen-bond acceptors (Lipinski definition) is 1. The van der Waals surface area contributed by atoms with E-state index in [1.165, 1.54) is 115 Å². The molecule has 0 saturated carbocycles. The van der Waals surface area contributed by atoms with Crippen LogP contribution in [0, 0.1) is 0 Å². The second-order valence-corrected chi connectivity index (χ2v) is 8.34. The van der Waals surface area contributed by atoms with Crippen molar-refractivity contribution < 1.29 is 9.90 Å². The molecule has 0 unspecified atom stereocenters. The van der Waals surface area contributed by atoms with Gasteiger partial charge in [0.2, 0.25) is 0 Å². The van der Waals surface area contributed by atoms with Crippen LogP contribution < -0.4 is 0 Å². The summed E-state index contributed by atoms with van der Waals surface area (Å²) in [5.74, 6) is -0.919. The van der Waals surface area contributed by atoms with E-state index in [9.17, 15) is 4.79 Å². The Kier molecular flexibility index (Phi) is 24.1. The molecule has 2 heteroatoms. The molecule has 0 rings (SSSR count). The van der Waals surface area contributed by atoms with E-state index in [4.69, 9.17) is 5.11 Å². The van der Waals surface area contributed by atoms with Gasteiger partial charge in [0.05, 0.1) is 0 Å². The van der Waals surface area contributed by atoms with Crippen molar-refractivity contribution >= 4 is 5.97 Å². The molecule has 0 aromatic rings. The predicted molar refractivity (Wildman–Crippen MR) is 133 cm³/mol. The minimum absolute atomic E-state index is 0.919. The normalized spacial score (nSPS) is 12.3. The molecule has 0 aliphatic heterocycles. The van der Waals surface area contributed by atoms with Crippen LogP contribution in [0.3, 0.4) is 0 Å². The van der Waals surface area contributed by atoms with Gasteiger partial charge in [0, 0.05) is 6.08 Å². The average molecular weight is 417 g/mol. The fourth-order valence-electron chi connectivity index (χ4n) is 3.56. The smallest absolute Gasteiger partial charge is 0.328 e. The van der Waals surface area contributed by atoms with Crippen LogP contribution in [0.15, 0.2) is 48.6 Å². The van der Waals surface area contributed by atoms with Gasteiger partial charge in [-0.15, -0.1) is 0 Å². The molecular formula is C28H48O2. The first-order valence-corrected chi connectivity index (χ1v) is 12.7. The largest absolute Gasteiger partial charge is 0.478 e. The van der Waals surface area contributed by atoms with Crippen molar-refractivity contribution in [3.8, 4) is 0 Å². The molecule has 0 atom stereocenters. The first kappa shape index (κ1) is 28.4. The maximum absolute atomic E-state index is 10.3. The Bertz CT molecular complexity index is 471. The predicted octanol–water partition coefficient (Wildman–Crippen LogP) is 9.34. The molecule has 0 saturated heterocycles. The molecule has 0 fully saturated rings. The number of carboxylic acid groups (broad SMARTS) is 1. The first-order chi connectivity index (χ1) is 14.8. The van der Waals surface area contributed by atoms with Gasteiger partial charge in [-0.1, -0.05) is 152 Å². The van der Waals surface area contributed by atoms with Crippen molar-refractivity contribution in [3.05, 3.63) is 48.6 Å². The summed E-state index contributed by atoms with van der Waals surface area (Å²) in [5, 5.41) is 8.45. The third-order valence-electron chi connectivity index (χ3n) is 5.40. The lowest BCUT2D eigenvalue weighted by Crippen LogP contribution is -1.84. The molecule has 0 radical (unpaired) electrons. The van der Waals surface area contributed by atoms with Crippen molar-refractivity contribution in [2.75, 3.05) is 0 Å². The molecular weight excluding hydrogens is 368 g/mol. The number of unbranched alkanes of at least 4 members (excludes halogenated alkanes) is 17. The summed E-state index contributed by atoms with van der Waals surface area (Å²) in [7, 11) is 0. The van der Waals surface area contributed by atoms with E-state index in [1.54, 1.807) is 6.08 Å². The fraction of sp³-hybridized carbons (Fsp3) is 0.679. The minimum atomic E-state index is -0.919. The highest BCUT2D eigenvalue weighted by Crippen LogP contribution is 2.14. The van der Waals surface area contributed by atoms with Crippen LogP contribution in [0.1, 0.15) is 122 Å². The number of aliphatic carboxylic acids is 1.